The van der Waals surface area contributed by atoms with E-state index in [-0.39, 0.29) is 0 Å². The molecule has 1 nitrogen and oxygen atoms in total. The lowest BCUT2D eigenvalue weighted by molar-refractivity contribution is 0.156. The number of rotatable bonds is 19. The minimum atomic E-state index is 0.781. The third-order valence-electron chi connectivity index (χ3n) is 6.02. The van der Waals surface area contributed by atoms with Gasteiger partial charge in [-0.1, -0.05) is 76.8 Å². The molecule has 0 aromatic rings. The molecule has 0 saturated carbocycles. The zero-order valence-electron chi connectivity index (χ0n) is 24.1. The van der Waals surface area contributed by atoms with Crippen LogP contribution in [0.3, 0.4) is 0 Å². The van der Waals surface area contributed by atoms with Crippen molar-refractivity contribution in [1.82, 2.24) is 0 Å². The Morgan fingerprint density at radius 3 is 1.21 bits per heavy atom. The predicted octanol–water partition coefficient (Wildman–Crippen LogP) is 11.0. The summed E-state index contributed by atoms with van der Waals surface area (Å²) in [6.45, 7) is 19.4. The van der Waals surface area contributed by atoms with Crippen molar-refractivity contribution in [3.05, 3.63) is 69.9 Å². The first-order valence-corrected chi connectivity index (χ1v) is 13.7. The number of unbranched alkanes of at least 4 members (excludes halogenated alkanes) is 1. The number of hydrogen-bond donors (Lipinski definition) is 0. The van der Waals surface area contributed by atoms with E-state index in [1.807, 2.05) is 0 Å². The van der Waals surface area contributed by atoms with E-state index in [2.05, 4.69) is 91.8 Å². The molecule has 0 aliphatic rings. The molecule has 0 aliphatic carbocycles. The Kier molecular flexibility index (Phi) is 20.9. The van der Waals surface area contributed by atoms with Crippen molar-refractivity contribution in [2.45, 2.75) is 126 Å². The molecule has 0 atom stereocenters. The average molecular weight is 469 g/mol. The highest BCUT2D eigenvalue weighted by Gasteiger charge is 1.95. The Hall–Kier alpha value is -1.60. The lowest BCUT2D eigenvalue weighted by Gasteiger charge is -2.04. The van der Waals surface area contributed by atoms with Crippen LogP contribution in [-0.2, 0) is 4.74 Å². The highest BCUT2D eigenvalue weighted by Crippen LogP contribution is 2.14. The topological polar surface area (TPSA) is 9.23 Å². The molecule has 0 radical (unpaired) electrons. The molecule has 194 valence electrons. The predicted molar refractivity (Wildman–Crippen MR) is 155 cm³/mol. The molecular weight excluding hydrogens is 412 g/mol. The van der Waals surface area contributed by atoms with Crippen LogP contribution < -0.4 is 0 Å². The number of hydrogen-bond acceptors (Lipinski definition) is 1. The standard InChI is InChI=1S/C33H56O/c1-9-26-34-27-33(8)25-15-24-32(7)23-14-21-30(5)18-11-10-17-29(4)20-13-22-31(6)19-12-16-28(2)3/h16-18,22-23,25H,9-15,19-21,24,26-27H2,1-8H3/b29-17+,30-18+,31-22+,32-23+,33-25?. The molecule has 0 aliphatic heterocycles. The molecule has 0 rings (SSSR count). The second-order valence-corrected chi connectivity index (χ2v) is 10.3. The molecule has 0 N–H and O–H groups in total. The van der Waals surface area contributed by atoms with Crippen molar-refractivity contribution in [3.63, 3.8) is 0 Å². The van der Waals surface area contributed by atoms with Gasteiger partial charge in [-0.15, -0.1) is 0 Å². The van der Waals surface area contributed by atoms with Gasteiger partial charge in [0.15, 0.2) is 0 Å². The van der Waals surface area contributed by atoms with Crippen LogP contribution in [0.1, 0.15) is 126 Å². The Bertz CT molecular complexity index is 705. The lowest BCUT2D eigenvalue weighted by Crippen LogP contribution is -1.96. The van der Waals surface area contributed by atoms with E-state index >= 15 is 0 Å². The summed E-state index contributed by atoms with van der Waals surface area (Å²) in [5.41, 5.74) is 8.85. The van der Waals surface area contributed by atoms with Crippen LogP contribution in [0.2, 0.25) is 0 Å². The maximum absolute atomic E-state index is 5.59. The van der Waals surface area contributed by atoms with Crippen LogP contribution in [0.4, 0.5) is 0 Å². The van der Waals surface area contributed by atoms with Crippen molar-refractivity contribution in [2.75, 3.05) is 13.2 Å². The van der Waals surface area contributed by atoms with Gasteiger partial charge in [0.1, 0.15) is 0 Å². The molecule has 0 fully saturated rings. The summed E-state index contributed by atoms with van der Waals surface area (Å²) in [4.78, 5) is 0. The van der Waals surface area contributed by atoms with Gasteiger partial charge in [-0.05, 0) is 119 Å². The molecule has 0 aromatic carbocycles. The number of allylic oxidation sites excluding steroid dienone is 11. The maximum atomic E-state index is 5.59. The van der Waals surface area contributed by atoms with Crippen LogP contribution in [0.5, 0.6) is 0 Å². The van der Waals surface area contributed by atoms with Crippen LogP contribution in [0, 0.1) is 0 Å². The molecule has 1 heteroatoms. The van der Waals surface area contributed by atoms with E-state index in [0.717, 1.165) is 51.7 Å². The van der Waals surface area contributed by atoms with Crippen molar-refractivity contribution in [3.8, 4) is 0 Å². The van der Waals surface area contributed by atoms with Crippen LogP contribution >= 0.6 is 0 Å². The summed E-state index contributed by atoms with van der Waals surface area (Å²) in [7, 11) is 0. The molecule has 0 saturated heterocycles. The molecular formula is C33H56O. The van der Waals surface area contributed by atoms with E-state index in [4.69, 9.17) is 4.74 Å². The van der Waals surface area contributed by atoms with Crippen LogP contribution in [-0.4, -0.2) is 13.2 Å². The average Bonchev–Trinajstić information content (AvgIpc) is 2.76. The van der Waals surface area contributed by atoms with Crippen LogP contribution in [0.15, 0.2) is 69.9 Å². The zero-order chi connectivity index (χ0) is 25.6. The molecule has 0 spiro atoms. The van der Waals surface area contributed by atoms with E-state index in [0.29, 0.717) is 0 Å². The summed E-state index contributed by atoms with van der Waals surface area (Å²) in [6, 6.07) is 0. The van der Waals surface area contributed by atoms with Crippen molar-refractivity contribution in [1.29, 1.82) is 0 Å². The van der Waals surface area contributed by atoms with Gasteiger partial charge in [-0.25, -0.2) is 0 Å². The minimum Gasteiger partial charge on any atom is -0.377 e. The zero-order valence-corrected chi connectivity index (χ0v) is 24.1. The fourth-order valence-electron chi connectivity index (χ4n) is 3.73. The third-order valence-corrected chi connectivity index (χ3v) is 6.02. The molecule has 0 bridgehead atoms. The SMILES string of the molecule is CCCOCC(C)=CCC/C(C)=C/CC/C(C)=C/CC/C=C(\C)CC/C=C(\C)CCC=C(C)C. The number of ether oxygens (including phenoxy) is 1. The Morgan fingerprint density at radius 2 is 0.824 bits per heavy atom. The first kappa shape index (κ1) is 32.4. The summed E-state index contributed by atoms with van der Waals surface area (Å²) in [6.07, 6.45) is 27.1. The first-order valence-electron chi connectivity index (χ1n) is 13.7. The van der Waals surface area contributed by atoms with Gasteiger partial charge in [0.2, 0.25) is 0 Å². The first-order chi connectivity index (χ1) is 16.2. The monoisotopic (exact) mass is 468 g/mol. The smallest absolute Gasteiger partial charge is 0.0674 e. The molecule has 0 unspecified atom stereocenters. The van der Waals surface area contributed by atoms with E-state index in [9.17, 15) is 0 Å². The van der Waals surface area contributed by atoms with Gasteiger partial charge in [0, 0.05) is 6.61 Å². The maximum Gasteiger partial charge on any atom is 0.0674 e. The molecule has 0 heterocycles. The van der Waals surface area contributed by atoms with Crippen molar-refractivity contribution >= 4 is 0 Å². The molecule has 0 amide bonds. The van der Waals surface area contributed by atoms with Gasteiger partial charge in [0.05, 0.1) is 6.61 Å². The summed E-state index contributed by atoms with van der Waals surface area (Å²) in [5.74, 6) is 0. The second-order valence-electron chi connectivity index (χ2n) is 10.3. The largest absolute Gasteiger partial charge is 0.377 e. The van der Waals surface area contributed by atoms with Crippen LogP contribution in [0.25, 0.3) is 0 Å². The van der Waals surface area contributed by atoms with Gasteiger partial charge >= 0.3 is 0 Å². The lowest BCUT2D eigenvalue weighted by atomic mass is 10.0. The fraction of sp³-hybridized carbons (Fsp3) is 0.636. The van der Waals surface area contributed by atoms with E-state index in [1.165, 1.54) is 65.5 Å². The Morgan fingerprint density at radius 1 is 0.471 bits per heavy atom. The summed E-state index contributed by atoms with van der Waals surface area (Å²) in [5, 5.41) is 0. The van der Waals surface area contributed by atoms with E-state index in [1.54, 1.807) is 0 Å². The van der Waals surface area contributed by atoms with E-state index < -0.39 is 0 Å². The minimum absolute atomic E-state index is 0.781. The second kappa shape index (κ2) is 21.9. The fourth-order valence-corrected chi connectivity index (χ4v) is 3.73. The normalized spacial score (nSPS) is 14.1. The summed E-state index contributed by atoms with van der Waals surface area (Å²) >= 11 is 0. The quantitative estimate of drug-likeness (QED) is 0.135. The van der Waals surface area contributed by atoms with Gasteiger partial charge < -0.3 is 4.74 Å². The Labute approximate surface area is 213 Å². The molecule has 34 heavy (non-hydrogen) atoms. The van der Waals surface area contributed by atoms with Crippen molar-refractivity contribution < 1.29 is 4.74 Å². The highest BCUT2D eigenvalue weighted by atomic mass is 16.5. The van der Waals surface area contributed by atoms with Gasteiger partial charge in [0.25, 0.3) is 0 Å². The Balaban J connectivity index is 4.07. The van der Waals surface area contributed by atoms with Crippen molar-refractivity contribution in [2.24, 2.45) is 0 Å². The van der Waals surface area contributed by atoms with Gasteiger partial charge in [-0.3, -0.25) is 0 Å². The highest BCUT2D eigenvalue weighted by molar-refractivity contribution is 5.08. The summed E-state index contributed by atoms with van der Waals surface area (Å²) < 4.78 is 5.59. The van der Waals surface area contributed by atoms with Gasteiger partial charge in [-0.2, -0.15) is 0 Å². The third kappa shape index (κ3) is 22.2. The molecule has 0 aromatic heterocycles.